The van der Waals surface area contributed by atoms with Crippen molar-refractivity contribution in [3.8, 4) is 11.5 Å². The second-order valence-electron chi connectivity index (χ2n) is 11.7. The number of rotatable bonds is 10. The summed E-state index contributed by atoms with van der Waals surface area (Å²) < 4.78 is 132. The predicted octanol–water partition coefficient (Wildman–Crippen LogP) is 6.81. The van der Waals surface area contributed by atoms with Crippen molar-refractivity contribution < 1.29 is 62.1 Å². The van der Waals surface area contributed by atoms with E-state index in [0.29, 0.717) is 6.42 Å². The average Bonchev–Trinajstić information content (AvgIpc) is 3.09. The number of benzene rings is 6. The molecule has 55 heavy (non-hydrogen) atoms. The van der Waals surface area contributed by atoms with E-state index in [4.69, 9.17) is 0 Å². The first kappa shape index (κ1) is 39.0. The lowest BCUT2D eigenvalue weighted by Crippen LogP contribution is -2.00. The summed E-state index contributed by atoms with van der Waals surface area (Å²) in [4.78, 5) is -3.05. The summed E-state index contributed by atoms with van der Waals surface area (Å²) in [5.74, 6) is -1.88. The van der Waals surface area contributed by atoms with Gasteiger partial charge in [0.2, 0.25) is 0 Å². The number of hydrogen-bond donors (Lipinski definition) is 6. The zero-order valence-electron chi connectivity index (χ0n) is 27.3. The molecule has 6 aromatic carbocycles. The summed E-state index contributed by atoms with van der Waals surface area (Å²) in [6.07, 6.45) is 0.407. The lowest BCUT2D eigenvalue weighted by Gasteiger charge is -2.09. The van der Waals surface area contributed by atoms with E-state index in [9.17, 15) is 62.1 Å². The van der Waals surface area contributed by atoms with Gasteiger partial charge in [0, 0.05) is 10.8 Å². The lowest BCUT2D eigenvalue weighted by atomic mass is 10.0. The molecule has 0 radical (unpaired) electrons. The minimum atomic E-state index is -4.99. The van der Waals surface area contributed by atoms with E-state index in [-0.39, 0.29) is 32.9 Å². The molecule has 6 aromatic rings. The van der Waals surface area contributed by atoms with E-state index < -0.39 is 82.9 Å². The fourth-order valence-electron chi connectivity index (χ4n) is 5.39. The smallest absolute Gasteiger partial charge is 0.298 e. The molecule has 0 saturated carbocycles. The van der Waals surface area contributed by atoms with Gasteiger partial charge in [-0.1, -0.05) is 36.4 Å². The standard InChI is InChI=1S/C33H24N4O14S4/c38-32-28(54(46,47)48)16-20-14-24(52(40,41)42)9-11-26(20)30(32)36-34-22-5-1-18(2-6-22)13-19-3-7-23(8-4-19)35-37-31-27-12-10-25(53(43,44)45)15-21(27)17-29(33(31)39)55(49,50)51/h1-12,14-17,38-39H,13H2,(H,40,41,42)(H,43,44,45)(H,46,47,48)(H,49,50,51). The van der Waals surface area contributed by atoms with Gasteiger partial charge in [-0.3, -0.25) is 18.2 Å². The minimum Gasteiger partial charge on any atom is -0.504 e. The van der Waals surface area contributed by atoms with Crippen LogP contribution in [0.1, 0.15) is 11.1 Å². The normalized spacial score (nSPS) is 13.0. The fourth-order valence-corrected chi connectivity index (χ4v) is 7.65. The molecular formula is C33H24N4O14S4. The summed E-state index contributed by atoms with van der Waals surface area (Å²) in [6, 6.07) is 21.0. The Morgan fingerprint density at radius 3 is 1.07 bits per heavy atom. The number of nitrogens with zero attached hydrogens (tertiary/aromatic N) is 4. The Balaban J connectivity index is 1.23. The van der Waals surface area contributed by atoms with Crippen molar-refractivity contribution in [3.05, 3.63) is 108 Å². The van der Waals surface area contributed by atoms with Gasteiger partial charge in [-0.2, -0.15) is 43.9 Å². The largest absolute Gasteiger partial charge is 0.504 e. The van der Waals surface area contributed by atoms with Gasteiger partial charge in [0.25, 0.3) is 40.5 Å². The zero-order chi connectivity index (χ0) is 40.1. The van der Waals surface area contributed by atoms with Crippen LogP contribution in [0.3, 0.4) is 0 Å². The Kier molecular flexibility index (Phi) is 10.0. The molecule has 0 saturated heterocycles. The molecule has 0 amide bonds. The van der Waals surface area contributed by atoms with E-state index in [1.54, 1.807) is 48.5 Å². The van der Waals surface area contributed by atoms with Crippen LogP contribution in [0.5, 0.6) is 11.5 Å². The first-order valence-electron chi connectivity index (χ1n) is 15.1. The molecule has 0 unspecified atom stereocenters. The van der Waals surface area contributed by atoms with Crippen LogP contribution in [0, 0.1) is 0 Å². The molecule has 22 heteroatoms. The first-order valence-corrected chi connectivity index (χ1v) is 20.9. The van der Waals surface area contributed by atoms with Gasteiger partial charge in [0.05, 0.1) is 21.2 Å². The van der Waals surface area contributed by atoms with Gasteiger partial charge in [-0.15, -0.1) is 10.2 Å². The second-order valence-corrected chi connectivity index (χ2v) is 17.3. The van der Waals surface area contributed by atoms with Crippen molar-refractivity contribution in [3.63, 3.8) is 0 Å². The molecule has 0 aliphatic carbocycles. The number of hydrogen-bond acceptors (Lipinski definition) is 14. The molecule has 284 valence electrons. The fraction of sp³-hybridized carbons (Fsp3) is 0.0303. The summed E-state index contributed by atoms with van der Waals surface area (Å²) >= 11 is 0. The SMILES string of the molecule is O=S(=O)(O)c1ccc2c(N=Nc3ccc(Cc4ccc(N=Nc5c(O)c(S(=O)(=O)O)cc6cc(S(=O)(=O)O)ccc56)cc4)cc3)c(O)c(S(=O)(=O)O)cc2c1. The highest BCUT2D eigenvalue weighted by Gasteiger charge is 2.24. The summed E-state index contributed by atoms with van der Waals surface area (Å²) in [5, 5.41) is 37.2. The number of phenols is 2. The maximum absolute atomic E-state index is 11.9. The monoisotopic (exact) mass is 828 g/mol. The van der Waals surface area contributed by atoms with Gasteiger partial charge in [0.1, 0.15) is 21.2 Å². The number of azo groups is 2. The Hall–Kier alpha value is -5.72. The molecule has 0 aromatic heterocycles. The maximum Gasteiger partial charge on any atom is 0.298 e. The van der Waals surface area contributed by atoms with Crippen molar-refractivity contribution >= 4 is 84.8 Å². The highest BCUT2D eigenvalue weighted by molar-refractivity contribution is 7.86. The van der Waals surface area contributed by atoms with E-state index in [1.807, 2.05) is 0 Å². The molecule has 18 nitrogen and oxygen atoms in total. The van der Waals surface area contributed by atoms with Crippen LogP contribution in [0.25, 0.3) is 21.5 Å². The van der Waals surface area contributed by atoms with Crippen LogP contribution in [0.4, 0.5) is 22.7 Å². The molecule has 0 bridgehead atoms. The lowest BCUT2D eigenvalue weighted by molar-refractivity contribution is 0.443. The molecule has 0 fully saturated rings. The van der Waals surface area contributed by atoms with Crippen LogP contribution in [0.15, 0.2) is 137 Å². The topological polar surface area (TPSA) is 307 Å². The molecule has 0 heterocycles. The van der Waals surface area contributed by atoms with Gasteiger partial charge in [-0.25, -0.2) is 0 Å². The quantitative estimate of drug-likeness (QED) is 0.0610. The number of aromatic hydroxyl groups is 2. The number of fused-ring (bicyclic) bond motifs is 2. The first-order chi connectivity index (χ1) is 25.6. The summed E-state index contributed by atoms with van der Waals surface area (Å²) in [5.41, 5.74) is 1.35. The molecule has 0 atom stereocenters. The van der Waals surface area contributed by atoms with E-state index >= 15 is 0 Å². The van der Waals surface area contributed by atoms with E-state index in [1.165, 1.54) is 12.1 Å². The molecule has 0 aliphatic rings. The van der Waals surface area contributed by atoms with Crippen molar-refractivity contribution in [2.45, 2.75) is 26.0 Å². The van der Waals surface area contributed by atoms with Gasteiger partial charge < -0.3 is 10.2 Å². The van der Waals surface area contributed by atoms with Crippen LogP contribution in [-0.2, 0) is 46.9 Å². The Bertz CT molecular complexity index is 2850. The van der Waals surface area contributed by atoms with Crippen LogP contribution < -0.4 is 0 Å². The van der Waals surface area contributed by atoms with Gasteiger partial charge >= 0.3 is 0 Å². The predicted molar refractivity (Wildman–Crippen MR) is 195 cm³/mol. The Labute approximate surface area is 311 Å². The second kappa shape index (κ2) is 14.2. The summed E-state index contributed by atoms with van der Waals surface area (Å²) in [6.45, 7) is 0. The molecule has 0 spiro atoms. The third-order valence-electron chi connectivity index (χ3n) is 8.01. The third-order valence-corrected chi connectivity index (χ3v) is 11.4. The van der Waals surface area contributed by atoms with Crippen LogP contribution in [0.2, 0.25) is 0 Å². The van der Waals surface area contributed by atoms with E-state index in [0.717, 1.165) is 47.5 Å². The highest BCUT2D eigenvalue weighted by atomic mass is 32.2. The minimum absolute atomic E-state index is 0.0618. The highest BCUT2D eigenvalue weighted by Crippen LogP contribution is 2.43. The van der Waals surface area contributed by atoms with Gasteiger partial charge in [0.15, 0.2) is 11.5 Å². The van der Waals surface area contributed by atoms with Crippen molar-refractivity contribution in [1.82, 2.24) is 0 Å². The van der Waals surface area contributed by atoms with Crippen molar-refractivity contribution in [1.29, 1.82) is 0 Å². The Morgan fingerprint density at radius 2 is 0.764 bits per heavy atom. The zero-order valence-corrected chi connectivity index (χ0v) is 30.6. The Morgan fingerprint density at radius 1 is 0.418 bits per heavy atom. The van der Waals surface area contributed by atoms with Crippen LogP contribution >= 0.6 is 0 Å². The van der Waals surface area contributed by atoms with E-state index in [2.05, 4.69) is 20.5 Å². The summed E-state index contributed by atoms with van der Waals surface area (Å²) in [7, 11) is -19.3. The van der Waals surface area contributed by atoms with Crippen molar-refractivity contribution in [2.24, 2.45) is 20.5 Å². The molecule has 0 aliphatic heterocycles. The van der Waals surface area contributed by atoms with Crippen molar-refractivity contribution in [2.75, 3.05) is 0 Å². The number of phenolic OH excluding ortho intramolecular Hbond substituents is 2. The third kappa shape index (κ3) is 8.50. The molecular weight excluding hydrogens is 805 g/mol. The van der Waals surface area contributed by atoms with Gasteiger partial charge in [-0.05, 0) is 89.0 Å². The van der Waals surface area contributed by atoms with Crippen LogP contribution in [-0.4, -0.2) is 62.1 Å². The average molecular weight is 829 g/mol. The maximum atomic E-state index is 11.9. The molecule has 6 rings (SSSR count). The molecule has 6 N–H and O–H groups in total.